The largest absolute Gasteiger partial charge is 0.497 e. The van der Waals surface area contributed by atoms with Gasteiger partial charge in [-0.2, -0.15) is 5.10 Å². The van der Waals surface area contributed by atoms with Gasteiger partial charge in [0.25, 0.3) is 5.91 Å². The molecule has 0 fully saturated rings. The zero-order valence-electron chi connectivity index (χ0n) is 14.6. The molecule has 24 heavy (non-hydrogen) atoms. The molecule has 1 unspecified atom stereocenters. The first-order valence-electron chi connectivity index (χ1n) is 8.05. The molecular weight excluding hydrogens is 302 g/mol. The van der Waals surface area contributed by atoms with Crippen molar-refractivity contribution in [1.29, 1.82) is 0 Å². The van der Waals surface area contributed by atoms with Crippen LogP contribution in [-0.2, 0) is 4.79 Å². The van der Waals surface area contributed by atoms with Crippen LogP contribution in [0.3, 0.4) is 0 Å². The van der Waals surface area contributed by atoms with E-state index < -0.39 is 0 Å². The molecule has 0 aliphatic heterocycles. The van der Waals surface area contributed by atoms with Gasteiger partial charge in [0.2, 0.25) is 0 Å². The predicted molar refractivity (Wildman–Crippen MR) is 98.4 cm³/mol. The van der Waals surface area contributed by atoms with Gasteiger partial charge in [-0.1, -0.05) is 18.2 Å². The number of rotatable bonds is 6. The SMILES string of the molecule is C=C(C)C1CC=C(C)/C(=N/NC(=O)CNc2ccc(OC)cc2)C1. The third-order valence-corrected chi connectivity index (χ3v) is 4.16. The standard InChI is InChI=1S/C19H25N3O2/c1-13(2)15-6-5-14(3)18(11-15)21-22-19(23)12-20-16-7-9-17(24-4)10-8-16/h5,7-10,15,20H,1,6,11-12H2,2-4H3,(H,22,23)/b21-18+. The lowest BCUT2D eigenvalue weighted by atomic mass is 9.85. The van der Waals surface area contributed by atoms with Gasteiger partial charge in [0.05, 0.1) is 19.4 Å². The minimum absolute atomic E-state index is 0.162. The summed E-state index contributed by atoms with van der Waals surface area (Å²) >= 11 is 0. The summed E-state index contributed by atoms with van der Waals surface area (Å²) in [7, 11) is 1.62. The van der Waals surface area contributed by atoms with Crippen LogP contribution in [0.4, 0.5) is 5.69 Å². The van der Waals surface area contributed by atoms with Crippen molar-refractivity contribution < 1.29 is 9.53 Å². The van der Waals surface area contributed by atoms with Crippen LogP contribution in [-0.4, -0.2) is 25.3 Å². The minimum Gasteiger partial charge on any atom is -0.497 e. The van der Waals surface area contributed by atoms with Gasteiger partial charge >= 0.3 is 0 Å². The van der Waals surface area contributed by atoms with Gasteiger partial charge in [0, 0.05) is 5.69 Å². The molecule has 1 amide bonds. The Kier molecular flexibility index (Phi) is 6.18. The number of carbonyl (C=O) groups is 1. The van der Waals surface area contributed by atoms with E-state index in [2.05, 4.69) is 28.5 Å². The Morgan fingerprint density at radius 1 is 1.38 bits per heavy atom. The molecule has 0 saturated heterocycles. The third kappa shape index (κ3) is 4.98. The lowest BCUT2D eigenvalue weighted by Crippen LogP contribution is -2.28. The van der Waals surface area contributed by atoms with Gasteiger partial charge in [-0.25, -0.2) is 5.43 Å². The molecule has 1 aromatic rings. The van der Waals surface area contributed by atoms with Crippen LogP contribution in [0.5, 0.6) is 5.75 Å². The second-order valence-corrected chi connectivity index (χ2v) is 6.05. The molecule has 2 N–H and O–H groups in total. The fraction of sp³-hybridized carbons (Fsp3) is 0.368. The first-order chi connectivity index (χ1) is 11.5. The monoisotopic (exact) mass is 327 g/mol. The number of amides is 1. The van der Waals surface area contributed by atoms with Crippen molar-refractivity contribution in [2.75, 3.05) is 19.0 Å². The molecule has 5 nitrogen and oxygen atoms in total. The Balaban J connectivity index is 1.86. The highest BCUT2D eigenvalue weighted by Crippen LogP contribution is 2.26. The summed E-state index contributed by atoms with van der Waals surface area (Å²) in [5, 5.41) is 7.34. The smallest absolute Gasteiger partial charge is 0.259 e. The first kappa shape index (κ1) is 17.8. The highest BCUT2D eigenvalue weighted by atomic mass is 16.5. The summed E-state index contributed by atoms with van der Waals surface area (Å²) in [6.45, 7) is 8.24. The maximum absolute atomic E-state index is 12.0. The number of methoxy groups -OCH3 is 1. The van der Waals surface area contributed by atoms with E-state index in [0.717, 1.165) is 41.1 Å². The molecule has 1 aromatic carbocycles. The van der Waals surface area contributed by atoms with Gasteiger partial charge in [-0.05, 0) is 62.4 Å². The fourth-order valence-corrected chi connectivity index (χ4v) is 2.48. The molecule has 128 valence electrons. The normalized spacial score (nSPS) is 18.7. The van der Waals surface area contributed by atoms with Gasteiger partial charge < -0.3 is 10.1 Å². The van der Waals surface area contributed by atoms with Gasteiger partial charge in [0.1, 0.15) is 5.75 Å². The summed E-state index contributed by atoms with van der Waals surface area (Å²) in [6, 6.07) is 7.41. The Labute approximate surface area is 143 Å². The van der Waals surface area contributed by atoms with E-state index in [-0.39, 0.29) is 12.5 Å². The van der Waals surface area contributed by atoms with Gasteiger partial charge in [-0.15, -0.1) is 0 Å². The number of hydrogen-bond acceptors (Lipinski definition) is 4. The zero-order valence-corrected chi connectivity index (χ0v) is 14.6. The molecule has 1 aliphatic carbocycles. The van der Waals surface area contributed by atoms with E-state index in [1.807, 2.05) is 38.1 Å². The maximum Gasteiger partial charge on any atom is 0.259 e. The highest BCUT2D eigenvalue weighted by Gasteiger charge is 2.18. The number of hydrazone groups is 1. The Morgan fingerprint density at radius 2 is 2.08 bits per heavy atom. The molecule has 5 heteroatoms. The van der Waals surface area contributed by atoms with Crippen LogP contribution in [0, 0.1) is 5.92 Å². The van der Waals surface area contributed by atoms with Crippen molar-refractivity contribution in [3.8, 4) is 5.75 Å². The fourth-order valence-electron chi connectivity index (χ4n) is 2.48. The average molecular weight is 327 g/mol. The number of benzene rings is 1. The number of allylic oxidation sites excluding steroid dienone is 3. The summed E-state index contributed by atoms with van der Waals surface area (Å²) in [5.41, 5.74) is 6.68. The van der Waals surface area contributed by atoms with Crippen LogP contribution in [0.2, 0.25) is 0 Å². The van der Waals surface area contributed by atoms with E-state index in [9.17, 15) is 4.79 Å². The second kappa shape index (κ2) is 8.34. The van der Waals surface area contributed by atoms with Crippen LogP contribution in [0.1, 0.15) is 26.7 Å². The molecule has 0 spiro atoms. The lowest BCUT2D eigenvalue weighted by molar-refractivity contribution is -0.119. The summed E-state index contributed by atoms with van der Waals surface area (Å²) in [4.78, 5) is 12.0. The topological polar surface area (TPSA) is 62.7 Å². The molecule has 0 bridgehead atoms. The highest BCUT2D eigenvalue weighted by molar-refractivity contribution is 6.01. The number of ether oxygens (including phenoxy) is 1. The molecular formula is C19H25N3O2. The van der Waals surface area contributed by atoms with Gasteiger partial charge in [-0.3, -0.25) is 4.79 Å². The molecule has 0 heterocycles. The summed E-state index contributed by atoms with van der Waals surface area (Å²) in [6.07, 6.45) is 3.97. The average Bonchev–Trinajstić information content (AvgIpc) is 2.59. The number of nitrogens with one attached hydrogen (secondary N) is 2. The Bertz CT molecular complexity index is 660. The number of anilines is 1. The third-order valence-electron chi connectivity index (χ3n) is 4.16. The number of hydrogen-bond donors (Lipinski definition) is 2. The summed E-state index contributed by atoms with van der Waals surface area (Å²) in [5.74, 6) is 1.01. The van der Waals surface area contributed by atoms with Gasteiger partial charge in [0.15, 0.2) is 0 Å². The number of carbonyl (C=O) groups excluding carboxylic acids is 1. The molecule has 1 atom stereocenters. The van der Waals surface area contributed by atoms with E-state index in [0.29, 0.717) is 5.92 Å². The van der Waals surface area contributed by atoms with E-state index in [1.54, 1.807) is 7.11 Å². The van der Waals surface area contributed by atoms with E-state index in [4.69, 9.17) is 4.74 Å². The van der Waals surface area contributed by atoms with Crippen molar-refractivity contribution in [3.05, 3.63) is 48.1 Å². The first-order valence-corrected chi connectivity index (χ1v) is 8.05. The molecule has 0 saturated carbocycles. The van der Waals surface area contributed by atoms with Crippen molar-refractivity contribution in [2.45, 2.75) is 26.7 Å². The van der Waals surface area contributed by atoms with Crippen molar-refractivity contribution in [1.82, 2.24) is 5.43 Å². The quantitative estimate of drug-likeness (QED) is 0.621. The van der Waals surface area contributed by atoms with E-state index >= 15 is 0 Å². The Hall–Kier alpha value is -2.56. The molecule has 2 rings (SSSR count). The summed E-state index contributed by atoms with van der Waals surface area (Å²) < 4.78 is 5.10. The van der Waals surface area contributed by atoms with Crippen molar-refractivity contribution in [2.24, 2.45) is 11.0 Å². The second-order valence-electron chi connectivity index (χ2n) is 6.05. The minimum atomic E-state index is -0.177. The Morgan fingerprint density at radius 3 is 2.71 bits per heavy atom. The maximum atomic E-state index is 12.0. The molecule has 0 radical (unpaired) electrons. The van der Waals surface area contributed by atoms with E-state index in [1.165, 1.54) is 0 Å². The zero-order chi connectivity index (χ0) is 17.5. The lowest BCUT2D eigenvalue weighted by Gasteiger charge is -2.22. The molecule has 0 aromatic heterocycles. The van der Waals surface area contributed by atoms with Crippen LogP contribution in [0.25, 0.3) is 0 Å². The molecule has 1 aliphatic rings. The van der Waals surface area contributed by atoms with Crippen LogP contribution < -0.4 is 15.5 Å². The van der Waals surface area contributed by atoms with Crippen LogP contribution >= 0.6 is 0 Å². The predicted octanol–water partition coefficient (Wildman–Crippen LogP) is 3.51. The van der Waals surface area contributed by atoms with Crippen molar-refractivity contribution in [3.63, 3.8) is 0 Å². The van der Waals surface area contributed by atoms with Crippen LogP contribution in [0.15, 0.2) is 53.2 Å². The number of nitrogens with zero attached hydrogens (tertiary/aromatic N) is 1. The van der Waals surface area contributed by atoms with Crippen molar-refractivity contribution >= 4 is 17.3 Å².